The van der Waals surface area contributed by atoms with Gasteiger partial charge in [-0.05, 0) is 84.9 Å². The van der Waals surface area contributed by atoms with Crippen LogP contribution in [0, 0.1) is 17.8 Å². The molecular weight excluding hydrogens is 958 g/mol. The molecule has 1 aliphatic carbocycles. The second-order valence-electron chi connectivity index (χ2n) is 19.7. The van der Waals surface area contributed by atoms with Gasteiger partial charge < -0.3 is 48.3 Å². The number of esters is 3. The average Bonchev–Trinajstić information content (AvgIpc) is 3.94. The predicted octanol–water partition coefficient (Wildman–Crippen LogP) is 8.41. The number of hydrogen-bond donors (Lipinski definition) is 1. The van der Waals surface area contributed by atoms with Gasteiger partial charge in [-0.15, -0.1) is 11.6 Å². The van der Waals surface area contributed by atoms with E-state index in [2.05, 4.69) is 10.2 Å². The van der Waals surface area contributed by atoms with Crippen molar-refractivity contribution in [3.8, 4) is 17.2 Å². The van der Waals surface area contributed by atoms with E-state index < -0.39 is 60.4 Å². The number of rotatable bonds is 20. The minimum absolute atomic E-state index is 0.00903. The normalized spacial score (nSPS) is 20.9. The van der Waals surface area contributed by atoms with Crippen molar-refractivity contribution in [2.75, 3.05) is 49.9 Å². The van der Waals surface area contributed by atoms with Crippen molar-refractivity contribution < 1.29 is 61.9 Å². The lowest BCUT2D eigenvalue weighted by Crippen LogP contribution is -2.62. The second kappa shape index (κ2) is 23.6. The summed E-state index contributed by atoms with van der Waals surface area (Å²) in [5, 5.41) is 4.61. The maximum absolute atomic E-state index is 14.6. The number of ether oxygens (including phenoxy) is 7. The molecule has 17 heteroatoms. The Labute approximate surface area is 431 Å². The summed E-state index contributed by atoms with van der Waals surface area (Å²) in [7, 11) is 3.98. The molecule has 2 aliphatic heterocycles. The van der Waals surface area contributed by atoms with Crippen LogP contribution in [-0.4, -0.2) is 111 Å². The van der Waals surface area contributed by atoms with E-state index in [1.54, 1.807) is 36.9 Å². The van der Waals surface area contributed by atoms with Crippen molar-refractivity contribution in [3.63, 3.8) is 0 Å². The first-order chi connectivity index (χ1) is 34.7. The van der Waals surface area contributed by atoms with Gasteiger partial charge in [-0.3, -0.25) is 28.8 Å². The van der Waals surface area contributed by atoms with E-state index in [0.29, 0.717) is 48.0 Å². The molecule has 16 nitrogen and oxygen atoms in total. The zero-order valence-electron chi connectivity index (χ0n) is 43.2. The van der Waals surface area contributed by atoms with E-state index in [-0.39, 0.29) is 53.9 Å². The van der Waals surface area contributed by atoms with Gasteiger partial charge in [0.2, 0.25) is 18.3 Å². The molecule has 0 radical (unpaired) electrons. The number of benzene rings is 4. The lowest BCUT2D eigenvalue weighted by atomic mass is 9.88. The molecule has 7 rings (SSSR count). The molecule has 0 spiro atoms. The highest BCUT2D eigenvalue weighted by molar-refractivity contribution is 6.19. The Morgan fingerprint density at radius 2 is 1.51 bits per heavy atom. The van der Waals surface area contributed by atoms with E-state index in [4.69, 9.17) is 44.8 Å². The Morgan fingerprint density at radius 1 is 0.822 bits per heavy atom. The molecule has 3 aliphatic rings. The largest absolute Gasteiger partial charge is 0.492 e. The maximum atomic E-state index is 14.6. The predicted molar refractivity (Wildman–Crippen MR) is 276 cm³/mol. The standard InChI is InChI=1S/C56H66ClN3O13/c1-30(2)32(4)47(64)21-31(3)54(65)58-45-18-15-37(22-49(45)73-56-53(72-36(8)63)52(71-35(7)62)51(33(5)69-56)70-34(6)61)29-68-48-26-46-50(44-14-12-11-13-43(44)48)41(27-57)28-60(46)55(66)40-23-38-16-17-42(25-39(38)24-40)67-20-19-59(9)10/h11-18,22,24-26,30-33,41,51-53,56H,19-21,23,27-29H2,1-10H3,(H,58,65)/t31-,32+,33-,41-,51-,52+,53-,56+/m1/s1. The van der Waals surface area contributed by atoms with Crippen LogP contribution in [0.15, 0.2) is 72.3 Å². The smallest absolute Gasteiger partial charge is 0.303 e. The zero-order valence-corrected chi connectivity index (χ0v) is 43.9. The summed E-state index contributed by atoms with van der Waals surface area (Å²) in [6, 6.07) is 20.6. The highest BCUT2D eigenvalue weighted by Crippen LogP contribution is 2.47. The fourth-order valence-corrected chi connectivity index (χ4v) is 9.58. The van der Waals surface area contributed by atoms with Gasteiger partial charge >= 0.3 is 17.9 Å². The minimum atomic E-state index is -1.46. The maximum Gasteiger partial charge on any atom is 0.303 e. The van der Waals surface area contributed by atoms with Gasteiger partial charge in [-0.2, -0.15) is 0 Å². The lowest BCUT2D eigenvalue weighted by molar-refractivity contribution is -0.280. The first-order valence-corrected chi connectivity index (χ1v) is 25.2. The fraction of sp³-hybridized carbons (Fsp3) is 0.464. The van der Waals surface area contributed by atoms with Gasteiger partial charge in [0.05, 0.1) is 17.5 Å². The van der Waals surface area contributed by atoms with E-state index in [9.17, 15) is 28.8 Å². The van der Waals surface area contributed by atoms with Gasteiger partial charge in [0, 0.05) is 87.4 Å². The highest BCUT2D eigenvalue weighted by atomic mass is 35.5. The molecule has 0 unspecified atom stereocenters. The van der Waals surface area contributed by atoms with Crippen LogP contribution in [0.4, 0.5) is 11.4 Å². The Balaban J connectivity index is 1.20. The number of Topliss-reactive ketones (excluding diaryl/α,β-unsaturated/α-hetero) is 1. The third kappa shape index (κ3) is 12.8. The summed E-state index contributed by atoms with van der Waals surface area (Å²) in [6.07, 6.45) is -3.95. The molecule has 73 heavy (non-hydrogen) atoms. The van der Waals surface area contributed by atoms with Gasteiger partial charge in [0.25, 0.3) is 5.91 Å². The van der Waals surface area contributed by atoms with Crippen LogP contribution in [0.25, 0.3) is 16.8 Å². The first-order valence-electron chi connectivity index (χ1n) is 24.7. The van der Waals surface area contributed by atoms with Crippen LogP contribution in [0.5, 0.6) is 17.2 Å². The number of likely N-dealkylation sites (N-methyl/N-ethyl adjacent to an activating group) is 1. The van der Waals surface area contributed by atoms with Crippen molar-refractivity contribution >= 4 is 75.3 Å². The lowest BCUT2D eigenvalue weighted by Gasteiger charge is -2.43. The summed E-state index contributed by atoms with van der Waals surface area (Å²) in [5.41, 5.74) is 5.04. The number of carbonyl (C=O) groups excluding carboxylic acids is 6. The molecule has 0 saturated carbocycles. The Hall–Kier alpha value is -6.49. The molecule has 1 fully saturated rings. The number of anilines is 2. The average molecular weight is 1020 g/mol. The number of halogens is 1. The number of fused-ring (bicyclic) bond motifs is 4. The molecule has 2 heterocycles. The van der Waals surface area contributed by atoms with Crippen LogP contribution in [0.1, 0.15) is 90.0 Å². The molecule has 4 aromatic rings. The Kier molecular flexibility index (Phi) is 17.5. The van der Waals surface area contributed by atoms with Gasteiger partial charge in [-0.25, -0.2) is 0 Å². The van der Waals surface area contributed by atoms with Crippen LogP contribution >= 0.6 is 11.6 Å². The van der Waals surface area contributed by atoms with Gasteiger partial charge in [0.1, 0.15) is 36.2 Å². The van der Waals surface area contributed by atoms with E-state index >= 15 is 0 Å². The SMILES string of the molecule is CC(=O)O[C@@H]1[C@@H](OC(C)=O)[C@H](Oc2cc(COc3cc4c(c5ccccc35)[C@H](CCl)CN4C(=O)C3=Cc4cc(OCCN(C)C)ccc4C3)ccc2NC(=O)[C@H](C)CC(=O)[C@@H](C)C(C)C)O[C@H](C)[C@H]1OC(C)=O. The van der Waals surface area contributed by atoms with Crippen molar-refractivity contribution in [1.29, 1.82) is 0 Å². The summed E-state index contributed by atoms with van der Waals surface area (Å²) in [6.45, 7) is 14.2. The Bertz CT molecular complexity index is 2770. The molecule has 0 aromatic heterocycles. The van der Waals surface area contributed by atoms with Gasteiger partial charge in [0.15, 0.2) is 12.2 Å². The number of amides is 2. The van der Waals surface area contributed by atoms with Gasteiger partial charge in [-0.1, -0.05) is 64.1 Å². The summed E-state index contributed by atoms with van der Waals surface area (Å²) in [5.74, 6) is -2.24. The molecule has 390 valence electrons. The zero-order chi connectivity index (χ0) is 52.8. The van der Waals surface area contributed by atoms with Crippen LogP contribution in [0.3, 0.4) is 0 Å². The van der Waals surface area contributed by atoms with E-state index in [0.717, 1.165) is 53.6 Å². The third-order valence-electron chi connectivity index (χ3n) is 13.5. The number of alkyl halides is 1. The molecule has 1 N–H and O–H groups in total. The molecule has 4 aromatic carbocycles. The topological polar surface area (TPSA) is 186 Å². The molecule has 0 bridgehead atoms. The number of ketones is 1. The second-order valence-corrected chi connectivity index (χ2v) is 20.0. The number of nitrogens with one attached hydrogen (secondary N) is 1. The van der Waals surface area contributed by atoms with Crippen molar-refractivity contribution in [1.82, 2.24) is 4.90 Å². The van der Waals surface area contributed by atoms with Crippen molar-refractivity contribution in [2.24, 2.45) is 17.8 Å². The summed E-state index contributed by atoms with van der Waals surface area (Å²) in [4.78, 5) is 82.6. The molecule has 2 amide bonds. The summed E-state index contributed by atoms with van der Waals surface area (Å²) >= 11 is 6.66. The quantitative estimate of drug-likeness (QED) is 0.0505. The monoisotopic (exact) mass is 1020 g/mol. The fourth-order valence-electron chi connectivity index (χ4n) is 9.33. The molecular formula is C56H66ClN3O13. The van der Waals surface area contributed by atoms with E-state index in [1.807, 2.05) is 89.5 Å². The Morgan fingerprint density at radius 3 is 2.18 bits per heavy atom. The van der Waals surface area contributed by atoms with Crippen LogP contribution in [-0.2, 0) is 60.7 Å². The third-order valence-corrected chi connectivity index (χ3v) is 13.9. The number of carbonyl (C=O) groups is 6. The first kappa shape index (κ1) is 54.3. The number of hydrogen-bond acceptors (Lipinski definition) is 14. The number of nitrogens with zero attached hydrogens (tertiary/aromatic N) is 2. The summed E-state index contributed by atoms with van der Waals surface area (Å²) < 4.78 is 42.2. The van der Waals surface area contributed by atoms with Crippen LogP contribution in [0.2, 0.25) is 0 Å². The van der Waals surface area contributed by atoms with E-state index in [1.165, 1.54) is 6.92 Å². The van der Waals surface area contributed by atoms with Crippen LogP contribution < -0.4 is 24.4 Å². The minimum Gasteiger partial charge on any atom is -0.492 e. The van der Waals surface area contributed by atoms with Crippen molar-refractivity contribution in [2.45, 2.75) is 111 Å². The highest BCUT2D eigenvalue weighted by Gasteiger charge is 2.52. The molecule has 1 saturated heterocycles. The molecule has 8 atom stereocenters. The van der Waals surface area contributed by atoms with Crippen molar-refractivity contribution in [3.05, 3.63) is 94.6 Å².